The van der Waals surface area contributed by atoms with Crippen LogP contribution >= 0.6 is 0 Å². The number of halogens is 1. The third-order valence-electron chi connectivity index (χ3n) is 12.6. The maximum Gasteiger partial charge on any atom is 0.262 e. The van der Waals surface area contributed by atoms with E-state index in [1.807, 2.05) is 65.3 Å². The molecule has 0 aliphatic carbocycles. The molecule has 3 atom stereocenters. The van der Waals surface area contributed by atoms with Crippen LogP contribution in [-0.2, 0) is 9.59 Å². The number of nitrogens with two attached hydrogens (primary N) is 1. The van der Waals surface area contributed by atoms with Gasteiger partial charge in [-0.2, -0.15) is 5.10 Å². The lowest BCUT2D eigenvalue weighted by Gasteiger charge is -2.51. The second kappa shape index (κ2) is 14.8. The summed E-state index contributed by atoms with van der Waals surface area (Å²) in [6.07, 6.45) is 3.00. The smallest absolute Gasteiger partial charge is 0.262 e. The average molecular weight is 799 g/mol. The Morgan fingerprint density at radius 3 is 2.24 bits per heavy atom. The standard InChI is InChI=1S/C43H43FN10O5/c44-33-23-51(28-21-52(22-28)27-8-11-31-32(20-27)43(58)53(42(31)57)35-12-13-36(55)48-41(35)56)19-16-34(33)50-17-14-26(15-18-50)54-40-37(39(45)46-24-47-40)38(49-54)25-6-9-30(10-7-25)59-29-4-2-1-3-5-29/h1-11,20,24,26,28,33-35H,12-19,21-23H2,(H2,45,46,47)(H,48,55,56)/t33-,34+,35?/m0/s1. The Morgan fingerprint density at radius 1 is 0.763 bits per heavy atom. The molecule has 3 N–H and O–H groups in total. The topological polar surface area (TPSA) is 172 Å². The number of ether oxygens (including phenoxy) is 1. The quantitative estimate of drug-likeness (QED) is 0.215. The van der Waals surface area contributed by atoms with Crippen molar-refractivity contribution in [1.82, 2.24) is 39.8 Å². The Balaban J connectivity index is 0.745. The monoisotopic (exact) mass is 798 g/mol. The number of hydrogen-bond donors (Lipinski definition) is 2. The maximum atomic E-state index is 16.0. The molecule has 3 aromatic carbocycles. The summed E-state index contributed by atoms with van der Waals surface area (Å²) in [6, 6.07) is 21.6. The summed E-state index contributed by atoms with van der Waals surface area (Å²) in [5.74, 6) is -0.250. The minimum Gasteiger partial charge on any atom is -0.457 e. The summed E-state index contributed by atoms with van der Waals surface area (Å²) in [5.41, 5.74) is 10.0. The molecule has 302 valence electrons. The van der Waals surface area contributed by atoms with Crippen molar-refractivity contribution in [1.29, 1.82) is 0 Å². The van der Waals surface area contributed by atoms with Crippen LogP contribution in [-0.4, -0.2) is 122 Å². The normalized spacial score (nSPS) is 23.4. The van der Waals surface area contributed by atoms with Gasteiger partial charge in [-0.05, 0) is 80.3 Å². The highest BCUT2D eigenvalue weighted by atomic mass is 19.1. The fraction of sp³-hybridized carbons (Fsp3) is 0.372. The first-order valence-corrected chi connectivity index (χ1v) is 20.2. The number of para-hydroxylation sites is 1. The maximum absolute atomic E-state index is 16.0. The number of nitrogen functional groups attached to an aromatic ring is 1. The van der Waals surface area contributed by atoms with Gasteiger partial charge < -0.3 is 15.4 Å². The molecule has 0 spiro atoms. The van der Waals surface area contributed by atoms with E-state index in [0.717, 1.165) is 60.8 Å². The van der Waals surface area contributed by atoms with E-state index in [0.29, 0.717) is 47.9 Å². The van der Waals surface area contributed by atoms with Crippen molar-refractivity contribution in [2.24, 2.45) is 0 Å². The zero-order valence-corrected chi connectivity index (χ0v) is 32.2. The van der Waals surface area contributed by atoms with Crippen molar-refractivity contribution in [3.8, 4) is 22.8 Å². The molecule has 0 radical (unpaired) electrons. The summed E-state index contributed by atoms with van der Waals surface area (Å²) >= 11 is 0. The summed E-state index contributed by atoms with van der Waals surface area (Å²) in [7, 11) is 0. The van der Waals surface area contributed by atoms with E-state index in [-0.39, 0.29) is 42.1 Å². The van der Waals surface area contributed by atoms with Gasteiger partial charge in [-0.3, -0.25) is 39.2 Å². The third-order valence-corrected chi connectivity index (χ3v) is 12.6. The highest BCUT2D eigenvalue weighted by Crippen LogP contribution is 2.37. The number of benzene rings is 3. The van der Waals surface area contributed by atoms with Crippen molar-refractivity contribution in [2.75, 3.05) is 49.9 Å². The summed E-state index contributed by atoms with van der Waals surface area (Å²) in [4.78, 5) is 67.1. The lowest BCUT2D eigenvalue weighted by molar-refractivity contribution is -0.136. The number of carbonyl (C=O) groups is 4. The van der Waals surface area contributed by atoms with Crippen molar-refractivity contribution in [3.05, 3.63) is 90.3 Å². The van der Waals surface area contributed by atoms with Gasteiger partial charge in [0.1, 0.15) is 41.6 Å². The van der Waals surface area contributed by atoms with Crippen molar-refractivity contribution >= 4 is 46.2 Å². The Kier molecular flexibility index (Phi) is 9.32. The molecule has 1 unspecified atom stereocenters. The van der Waals surface area contributed by atoms with E-state index in [9.17, 15) is 19.2 Å². The number of imide groups is 2. The largest absolute Gasteiger partial charge is 0.457 e. The fourth-order valence-electron chi connectivity index (χ4n) is 9.43. The van der Waals surface area contributed by atoms with Crippen molar-refractivity contribution < 1.29 is 28.3 Å². The van der Waals surface area contributed by atoms with E-state index in [1.165, 1.54) is 6.33 Å². The Morgan fingerprint density at radius 2 is 1.49 bits per heavy atom. The number of likely N-dealkylation sites (tertiary alicyclic amines) is 2. The molecule has 4 fully saturated rings. The van der Waals surface area contributed by atoms with E-state index in [4.69, 9.17) is 15.6 Å². The number of alkyl halides is 1. The molecular formula is C43H43FN10O5. The van der Waals surface area contributed by atoms with Gasteiger partial charge in [0.2, 0.25) is 11.8 Å². The Labute approximate surface area is 338 Å². The molecule has 2 aromatic heterocycles. The predicted octanol–water partition coefficient (Wildman–Crippen LogP) is 4.21. The second-order valence-electron chi connectivity index (χ2n) is 16.1. The van der Waals surface area contributed by atoms with Gasteiger partial charge in [0.05, 0.1) is 22.6 Å². The number of anilines is 2. The highest BCUT2D eigenvalue weighted by Gasteiger charge is 2.46. The van der Waals surface area contributed by atoms with Gasteiger partial charge in [0.25, 0.3) is 11.8 Å². The summed E-state index contributed by atoms with van der Waals surface area (Å²) in [6.45, 7) is 4.01. The minimum atomic E-state index is -1.00. The lowest BCUT2D eigenvalue weighted by Crippen LogP contribution is -2.64. The fourth-order valence-corrected chi connectivity index (χ4v) is 9.43. The Hall–Kier alpha value is -6.26. The molecule has 5 aliphatic rings. The first-order chi connectivity index (χ1) is 28.7. The highest BCUT2D eigenvalue weighted by molar-refractivity contribution is 6.23. The van der Waals surface area contributed by atoms with Crippen LogP contribution in [0.25, 0.3) is 22.3 Å². The molecule has 16 heteroatoms. The van der Waals surface area contributed by atoms with Gasteiger partial charge in [0, 0.05) is 69.0 Å². The number of nitrogens with one attached hydrogen (secondary N) is 1. The first-order valence-electron chi connectivity index (χ1n) is 20.2. The van der Waals surface area contributed by atoms with Gasteiger partial charge >= 0.3 is 0 Å². The van der Waals surface area contributed by atoms with Gasteiger partial charge in [-0.15, -0.1) is 0 Å². The molecule has 0 bridgehead atoms. The SMILES string of the molecule is Nc1ncnc2c1c(-c1ccc(Oc3ccccc3)cc1)nn2C1CCN([C@@H]2CCN(C3CN(c4ccc5c(c4)C(=O)N(C4CCC(=O)NC4=O)C5=O)C3)C[C@@H]2F)CC1. The van der Waals surface area contributed by atoms with Crippen LogP contribution in [0, 0.1) is 0 Å². The number of aromatic nitrogens is 4. The average Bonchev–Trinajstić information content (AvgIpc) is 3.73. The van der Waals surface area contributed by atoms with E-state index >= 15 is 4.39 Å². The van der Waals surface area contributed by atoms with Crippen LogP contribution < -0.4 is 20.7 Å². The number of piperidine rings is 3. The molecule has 7 heterocycles. The zero-order chi connectivity index (χ0) is 40.4. The molecule has 5 aromatic rings. The Bertz CT molecular complexity index is 2470. The van der Waals surface area contributed by atoms with Crippen LogP contribution in [0.15, 0.2) is 79.1 Å². The van der Waals surface area contributed by atoms with Gasteiger partial charge in [-0.1, -0.05) is 18.2 Å². The van der Waals surface area contributed by atoms with Crippen LogP contribution in [0.3, 0.4) is 0 Å². The number of rotatable bonds is 8. The summed E-state index contributed by atoms with van der Waals surface area (Å²) in [5, 5.41) is 8.01. The van der Waals surface area contributed by atoms with Crippen LogP contribution in [0.1, 0.15) is 58.9 Å². The van der Waals surface area contributed by atoms with E-state index in [2.05, 4.69) is 30.0 Å². The zero-order valence-electron chi connectivity index (χ0n) is 32.2. The molecule has 4 saturated heterocycles. The molecule has 5 aliphatic heterocycles. The first kappa shape index (κ1) is 37.0. The molecule has 10 rings (SSSR count). The molecule has 15 nitrogen and oxygen atoms in total. The van der Waals surface area contributed by atoms with Gasteiger partial charge in [-0.25, -0.2) is 19.0 Å². The molecular weight excluding hydrogens is 756 g/mol. The second-order valence-corrected chi connectivity index (χ2v) is 16.1. The predicted molar refractivity (Wildman–Crippen MR) is 216 cm³/mol. The third kappa shape index (κ3) is 6.65. The van der Waals surface area contributed by atoms with E-state index < -0.39 is 35.8 Å². The van der Waals surface area contributed by atoms with Crippen LogP contribution in [0.4, 0.5) is 15.9 Å². The molecule has 0 saturated carbocycles. The molecule has 59 heavy (non-hydrogen) atoms. The number of nitrogens with zero attached hydrogens (tertiary/aromatic N) is 8. The van der Waals surface area contributed by atoms with Crippen molar-refractivity contribution in [3.63, 3.8) is 0 Å². The lowest BCUT2D eigenvalue weighted by atomic mass is 9.94. The number of hydrogen-bond acceptors (Lipinski definition) is 12. The van der Waals surface area contributed by atoms with E-state index in [1.54, 1.807) is 12.1 Å². The van der Waals surface area contributed by atoms with Crippen molar-refractivity contribution in [2.45, 2.75) is 62.4 Å². The minimum absolute atomic E-state index is 0.0702. The number of fused-ring (bicyclic) bond motifs is 2. The van der Waals surface area contributed by atoms with Crippen LogP contribution in [0.5, 0.6) is 11.5 Å². The number of amides is 4. The number of carbonyl (C=O) groups excluding carboxylic acids is 4. The summed E-state index contributed by atoms with van der Waals surface area (Å²) < 4.78 is 24.0. The van der Waals surface area contributed by atoms with Gasteiger partial charge in [0.15, 0.2) is 5.65 Å². The van der Waals surface area contributed by atoms with Crippen LogP contribution in [0.2, 0.25) is 0 Å². The molecule has 4 amide bonds.